The van der Waals surface area contributed by atoms with E-state index in [1.54, 1.807) is 0 Å². The highest BCUT2D eigenvalue weighted by Gasteiger charge is 2.42. The molecule has 114 valence electrons. The molecule has 0 spiro atoms. The van der Waals surface area contributed by atoms with Gasteiger partial charge in [-0.1, -0.05) is 12.5 Å². The molecule has 1 aliphatic carbocycles. The summed E-state index contributed by atoms with van der Waals surface area (Å²) in [5.74, 6) is 1.70. The van der Waals surface area contributed by atoms with Gasteiger partial charge in [-0.25, -0.2) is 0 Å². The third kappa shape index (κ3) is 2.83. The van der Waals surface area contributed by atoms with Crippen LogP contribution in [0.4, 0.5) is 0 Å². The minimum absolute atomic E-state index is 0.105. The SMILES string of the molecule is NCC1(C(=O)NCCc2ccc3c(c2)OCCO3)CCC1. The van der Waals surface area contributed by atoms with Gasteiger partial charge in [-0.15, -0.1) is 0 Å². The lowest BCUT2D eigenvalue weighted by Crippen LogP contribution is -2.50. The number of nitrogens with two attached hydrogens (primary N) is 1. The van der Waals surface area contributed by atoms with Crippen molar-refractivity contribution < 1.29 is 14.3 Å². The molecule has 1 saturated carbocycles. The van der Waals surface area contributed by atoms with Crippen LogP contribution in [-0.2, 0) is 11.2 Å². The van der Waals surface area contributed by atoms with Gasteiger partial charge < -0.3 is 20.5 Å². The Morgan fingerprint density at radius 2 is 2.00 bits per heavy atom. The summed E-state index contributed by atoms with van der Waals surface area (Å²) in [5.41, 5.74) is 6.57. The molecular formula is C16H22N2O3. The summed E-state index contributed by atoms with van der Waals surface area (Å²) in [6, 6.07) is 5.93. The van der Waals surface area contributed by atoms with Crippen molar-refractivity contribution in [2.24, 2.45) is 11.1 Å². The second-order valence-corrected chi connectivity index (χ2v) is 5.82. The Bertz CT molecular complexity index is 521. The molecule has 1 aromatic rings. The lowest BCUT2D eigenvalue weighted by molar-refractivity contribution is -0.135. The second kappa shape index (κ2) is 5.93. The van der Waals surface area contributed by atoms with E-state index in [1.807, 2.05) is 18.2 Å². The Labute approximate surface area is 124 Å². The molecule has 0 bridgehead atoms. The Balaban J connectivity index is 1.52. The fraction of sp³-hybridized carbons (Fsp3) is 0.562. The minimum atomic E-state index is -0.299. The molecule has 1 amide bonds. The van der Waals surface area contributed by atoms with Gasteiger partial charge in [0.2, 0.25) is 5.91 Å². The maximum atomic E-state index is 12.2. The van der Waals surface area contributed by atoms with Crippen LogP contribution in [0, 0.1) is 5.41 Å². The average Bonchev–Trinajstić information content (AvgIpc) is 2.46. The highest BCUT2D eigenvalue weighted by Crippen LogP contribution is 2.40. The molecular weight excluding hydrogens is 268 g/mol. The molecule has 5 nitrogen and oxygen atoms in total. The highest BCUT2D eigenvalue weighted by atomic mass is 16.6. The molecule has 21 heavy (non-hydrogen) atoms. The van der Waals surface area contributed by atoms with Crippen molar-refractivity contribution in [3.63, 3.8) is 0 Å². The van der Waals surface area contributed by atoms with Gasteiger partial charge in [0.25, 0.3) is 0 Å². The number of rotatable bonds is 5. The van der Waals surface area contributed by atoms with Crippen molar-refractivity contribution in [3.05, 3.63) is 23.8 Å². The summed E-state index contributed by atoms with van der Waals surface area (Å²) < 4.78 is 11.1. The molecule has 0 aromatic heterocycles. The van der Waals surface area contributed by atoms with E-state index in [9.17, 15) is 4.79 Å². The van der Waals surface area contributed by atoms with Crippen molar-refractivity contribution in [1.29, 1.82) is 0 Å². The first-order valence-electron chi connectivity index (χ1n) is 7.60. The van der Waals surface area contributed by atoms with Crippen LogP contribution in [0.5, 0.6) is 11.5 Å². The van der Waals surface area contributed by atoms with E-state index in [2.05, 4.69) is 5.32 Å². The van der Waals surface area contributed by atoms with E-state index in [0.717, 1.165) is 42.7 Å². The van der Waals surface area contributed by atoms with Gasteiger partial charge in [-0.2, -0.15) is 0 Å². The molecule has 0 atom stereocenters. The summed E-state index contributed by atoms with van der Waals surface area (Å²) in [6.07, 6.45) is 3.72. The predicted octanol–water partition coefficient (Wildman–Crippen LogP) is 1.25. The minimum Gasteiger partial charge on any atom is -0.486 e. The Morgan fingerprint density at radius 3 is 2.67 bits per heavy atom. The van der Waals surface area contributed by atoms with Crippen LogP contribution in [0.2, 0.25) is 0 Å². The standard InChI is InChI=1S/C16H22N2O3/c17-11-16(5-1-6-16)15(19)18-7-4-12-2-3-13-14(10-12)21-9-8-20-13/h2-3,10H,1,4-9,11,17H2,(H,18,19). The van der Waals surface area contributed by atoms with Gasteiger partial charge in [0, 0.05) is 13.1 Å². The van der Waals surface area contributed by atoms with Gasteiger partial charge in [0.05, 0.1) is 5.41 Å². The molecule has 1 aromatic carbocycles. The van der Waals surface area contributed by atoms with Crippen LogP contribution in [0.3, 0.4) is 0 Å². The number of ether oxygens (including phenoxy) is 2. The van der Waals surface area contributed by atoms with Crippen molar-refractivity contribution in [2.45, 2.75) is 25.7 Å². The first-order chi connectivity index (χ1) is 10.2. The number of amides is 1. The lowest BCUT2D eigenvalue weighted by Gasteiger charge is -2.39. The van der Waals surface area contributed by atoms with Crippen molar-refractivity contribution in [2.75, 3.05) is 26.3 Å². The first-order valence-corrected chi connectivity index (χ1v) is 7.60. The van der Waals surface area contributed by atoms with E-state index in [4.69, 9.17) is 15.2 Å². The van der Waals surface area contributed by atoms with Crippen LogP contribution >= 0.6 is 0 Å². The average molecular weight is 290 g/mol. The Kier molecular flexibility index (Phi) is 4.01. The zero-order valence-corrected chi connectivity index (χ0v) is 12.2. The van der Waals surface area contributed by atoms with Gasteiger partial charge in [-0.05, 0) is 37.0 Å². The van der Waals surface area contributed by atoms with Crippen molar-refractivity contribution >= 4 is 5.91 Å². The molecule has 0 radical (unpaired) electrons. The van der Waals surface area contributed by atoms with Crippen LogP contribution in [0.15, 0.2) is 18.2 Å². The number of carbonyl (C=O) groups excluding carboxylic acids is 1. The number of fused-ring (bicyclic) bond motifs is 1. The predicted molar refractivity (Wildman–Crippen MR) is 79.5 cm³/mol. The summed E-state index contributed by atoms with van der Waals surface area (Å²) in [4.78, 5) is 12.2. The number of nitrogens with one attached hydrogen (secondary N) is 1. The zero-order valence-electron chi connectivity index (χ0n) is 12.2. The molecule has 1 fully saturated rings. The molecule has 3 rings (SSSR count). The topological polar surface area (TPSA) is 73.6 Å². The maximum Gasteiger partial charge on any atom is 0.227 e. The normalized spacial score (nSPS) is 18.7. The maximum absolute atomic E-state index is 12.2. The molecule has 1 aliphatic heterocycles. The van der Waals surface area contributed by atoms with Crippen LogP contribution in [-0.4, -0.2) is 32.2 Å². The second-order valence-electron chi connectivity index (χ2n) is 5.82. The van der Waals surface area contributed by atoms with Crippen molar-refractivity contribution in [3.8, 4) is 11.5 Å². The van der Waals surface area contributed by atoms with Gasteiger partial charge in [0.1, 0.15) is 13.2 Å². The number of hydrogen-bond acceptors (Lipinski definition) is 4. The summed E-state index contributed by atoms with van der Waals surface area (Å²) in [6.45, 7) is 2.26. The number of carbonyl (C=O) groups is 1. The third-order valence-corrected chi connectivity index (χ3v) is 4.49. The smallest absolute Gasteiger partial charge is 0.227 e. The van der Waals surface area contributed by atoms with E-state index in [-0.39, 0.29) is 11.3 Å². The monoisotopic (exact) mass is 290 g/mol. The van der Waals surface area contributed by atoms with Crippen LogP contribution < -0.4 is 20.5 Å². The molecule has 0 saturated heterocycles. The van der Waals surface area contributed by atoms with Gasteiger partial charge in [-0.3, -0.25) is 4.79 Å². The zero-order chi connectivity index (χ0) is 14.7. The fourth-order valence-electron chi connectivity index (χ4n) is 2.88. The number of hydrogen-bond donors (Lipinski definition) is 2. The molecule has 1 heterocycles. The summed E-state index contributed by atoms with van der Waals surface area (Å²) in [5, 5.41) is 3.01. The van der Waals surface area contributed by atoms with Gasteiger partial charge >= 0.3 is 0 Å². The molecule has 2 aliphatic rings. The molecule has 0 unspecified atom stereocenters. The van der Waals surface area contributed by atoms with Gasteiger partial charge in [0.15, 0.2) is 11.5 Å². The largest absolute Gasteiger partial charge is 0.486 e. The van der Waals surface area contributed by atoms with E-state index >= 15 is 0 Å². The quantitative estimate of drug-likeness (QED) is 0.856. The molecule has 3 N–H and O–H groups in total. The number of benzene rings is 1. The van der Waals surface area contributed by atoms with E-state index in [0.29, 0.717) is 26.3 Å². The summed E-state index contributed by atoms with van der Waals surface area (Å²) in [7, 11) is 0. The Hall–Kier alpha value is -1.75. The summed E-state index contributed by atoms with van der Waals surface area (Å²) >= 11 is 0. The fourth-order valence-corrected chi connectivity index (χ4v) is 2.88. The third-order valence-electron chi connectivity index (χ3n) is 4.49. The van der Waals surface area contributed by atoms with E-state index in [1.165, 1.54) is 0 Å². The van der Waals surface area contributed by atoms with Crippen molar-refractivity contribution in [1.82, 2.24) is 5.32 Å². The molecule has 5 heteroatoms. The van der Waals surface area contributed by atoms with Crippen LogP contribution in [0.25, 0.3) is 0 Å². The highest BCUT2D eigenvalue weighted by molar-refractivity contribution is 5.83. The lowest BCUT2D eigenvalue weighted by atomic mass is 9.68. The first kappa shape index (κ1) is 14.2. The Morgan fingerprint density at radius 1 is 1.24 bits per heavy atom. The van der Waals surface area contributed by atoms with Crippen LogP contribution in [0.1, 0.15) is 24.8 Å². The van der Waals surface area contributed by atoms with E-state index < -0.39 is 0 Å².